The van der Waals surface area contributed by atoms with E-state index in [9.17, 15) is 9.59 Å². The van der Waals surface area contributed by atoms with Crippen molar-refractivity contribution in [3.63, 3.8) is 0 Å². The van der Waals surface area contributed by atoms with Crippen molar-refractivity contribution in [2.24, 2.45) is 0 Å². The average molecular weight is 278 g/mol. The number of carbonyl (C=O) groups is 2. The third kappa shape index (κ3) is 3.43. The van der Waals surface area contributed by atoms with Gasteiger partial charge in [-0.25, -0.2) is 14.8 Å². The van der Waals surface area contributed by atoms with Gasteiger partial charge in [0.1, 0.15) is 0 Å². The Labute approximate surface area is 117 Å². The van der Waals surface area contributed by atoms with Crippen molar-refractivity contribution in [1.82, 2.24) is 14.9 Å². The van der Waals surface area contributed by atoms with Crippen LogP contribution in [0.15, 0.2) is 6.20 Å². The van der Waals surface area contributed by atoms with E-state index in [4.69, 9.17) is 5.11 Å². The Morgan fingerprint density at radius 3 is 2.70 bits per heavy atom. The molecule has 0 atom stereocenters. The number of hydrogen-bond donors (Lipinski definition) is 2. The molecule has 0 spiro atoms. The van der Waals surface area contributed by atoms with Crippen LogP contribution in [0.2, 0.25) is 0 Å². The molecular formula is C13H18N4O3. The van der Waals surface area contributed by atoms with Gasteiger partial charge in [0.15, 0.2) is 0 Å². The highest BCUT2D eigenvalue weighted by Gasteiger charge is 2.17. The van der Waals surface area contributed by atoms with E-state index in [-0.39, 0.29) is 11.5 Å². The first-order valence-electron chi connectivity index (χ1n) is 6.66. The molecule has 7 nitrogen and oxygen atoms in total. The first-order valence-corrected chi connectivity index (χ1v) is 6.66. The minimum atomic E-state index is -1.04. The topological polar surface area (TPSA) is 95.4 Å². The maximum atomic E-state index is 11.8. The Morgan fingerprint density at radius 2 is 2.10 bits per heavy atom. The molecule has 1 aliphatic heterocycles. The zero-order valence-electron chi connectivity index (χ0n) is 11.4. The van der Waals surface area contributed by atoms with Gasteiger partial charge in [-0.05, 0) is 19.8 Å². The molecule has 1 amide bonds. The summed E-state index contributed by atoms with van der Waals surface area (Å²) in [5, 5.41) is 11.8. The van der Waals surface area contributed by atoms with Gasteiger partial charge in [-0.3, -0.25) is 4.79 Å². The van der Waals surface area contributed by atoms with Crippen LogP contribution < -0.4 is 5.32 Å². The summed E-state index contributed by atoms with van der Waals surface area (Å²) >= 11 is 0. The molecule has 1 aromatic rings. The summed E-state index contributed by atoms with van der Waals surface area (Å²) in [7, 11) is 0. The molecule has 0 radical (unpaired) electrons. The Hall–Kier alpha value is -2.18. The lowest BCUT2D eigenvalue weighted by molar-refractivity contribution is -0.129. The van der Waals surface area contributed by atoms with Crippen molar-refractivity contribution < 1.29 is 14.7 Å². The third-order valence-electron chi connectivity index (χ3n) is 3.29. The van der Waals surface area contributed by atoms with Gasteiger partial charge < -0.3 is 15.3 Å². The highest BCUT2D eigenvalue weighted by atomic mass is 16.4. The molecule has 0 aliphatic carbocycles. The molecule has 7 heteroatoms. The quantitative estimate of drug-likeness (QED) is 0.831. The lowest BCUT2D eigenvalue weighted by Crippen LogP contribution is -2.29. The maximum Gasteiger partial charge on any atom is 0.339 e. The first-order chi connectivity index (χ1) is 9.58. The number of carbonyl (C=O) groups excluding carboxylic acids is 1. The maximum absolute atomic E-state index is 11.8. The van der Waals surface area contributed by atoms with E-state index in [2.05, 4.69) is 15.3 Å². The second-order valence-electron chi connectivity index (χ2n) is 4.76. The lowest BCUT2D eigenvalue weighted by atomic mass is 10.2. The number of likely N-dealkylation sites (tertiary alicyclic amines) is 1. The summed E-state index contributed by atoms with van der Waals surface area (Å²) in [6.07, 6.45) is 3.83. The van der Waals surface area contributed by atoms with Crippen LogP contribution >= 0.6 is 0 Å². The monoisotopic (exact) mass is 278 g/mol. The van der Waals surface area contributed by atoms with Crippen LogP contribution in [-0.4, -0.2) is 51.5 Å². The number of rotatable bonds is 5. The Balaban J connectivity index is 1.83. The number of aromatic nitrogens is 2. The fourth-order valence-electron chi connectivity index (χ4n) is 2.17. The van der Waals surface area contributed by atoms with E-state index >= 15 is 0 Å². The molecule has 1 aromatic heterocycles. The largest absolute Gasteiger partial charge is 0.478 e. The van der Waals surface area contributed by atoms with Crippen molar-refractivity contribution in [1.29, 1.82) is 0 Å². The Kier molecular flexibility index (Phi) is 4.49. The SMILES string of the molecule is Cc1nc(NCCC(=O)N2CCCC2)ncc1C(=O)O. The second kappa shape index (κ2) is 6.31. The van der Waals surface area contributed by atoms with Crippen LogP contribution in [0.1, 0.15) is 35.3 Å². The molecule has 0 aromatic carbocycles. The Morgan fingerprint density at radius 1 is 1.40 bits per heavy atom. The molecule has 2 heterocycles. The average Bonchev–Trinajstić information content (AvgIpc) is 2.92. The molecule has 1 saturated heterocycles. The summed E-state index contributed by atoms with van der Waals surface area (Å²) in [6.45, 7) is 3.76. The van der Waals surface area contributed by atoms with Crippen LogP contribution in [0, 0.1) is 6.92 Å². The number of carboxylic acid groups (broad SMARTS) is 1. The molecule has 1 aliphatic rings. The van der Waals surface area contributed by atoms with Gasteiger partial charge in [-0.15, -0.1) is 0 Å². The fourth-order valence-corrected chi connectivity index (χ4v) is 2.17. The van der Waals surface area contributed by atoms with Crippen LogP contribution in [0.3, 0.4) is 0 Å². The van der Waals surface area contributed by atoms with Crippen LogP contribution in [0.5, 0.6) is 0 Å². The molecule has 2 N–H and O–H groups in total. The fraction of sp³-hybridized carbons (Fsp3) is 0.538. The van der Waals surface area contributed by atoms with Crippen LogP contribution in [0.4, 0.5) is 5.95 Å². The summed E-state index contributed by atoms with van der Waals surface area (Å²) < 4.78 is 0. The number of carboxylic acids is 1. The summed E-state index contributed by atoms with van der Waals surface area (Å²) in [4.78, 5) is 32.5. The third-order valence-corrected chi connectivity index (χ3v) is 3.29. The molecule has 0 saturated carbocycles. The van der Waals surface area contributed by atoms with Crippen molar-refractivity contribution in [3.8, 4) is 0 Å². The minimum Gasteiger partial charge on any atom is -0.478 e. The zero-order chi connectivity index (χ0) is 14.5. The minimum absolute atomic E-state index is 0.0868. The second-order valence-corrected chi connectivity index (χ2v) is 4.76. The first kappa shape index (κ1) is 14.2. The van der Waals surface area contributed by atoms with Gasteiger partial charge in [-0.2, -0.15) is 0 Å². The molecule has 2 rings (SSSR count). The number of nitrogens with one attached hydrogen (secondary N) is 1. The van der Waals surface area contributed by atoms with E-state index in [1.165, 1.54) is 6.20 Å². The molecule has 1 fully saturated rings. The van der Waals surface area contributed by atoms with Gasteiger partial charge in [-0.1, -0.05) is 0 Å². The predicted molar refractivity (Wildman–Crippen MR) is 72.6 cm³/mol. The van der Waals surface area contributed by atoms with Gasteiger partial charge in [0.25, 0.3) is 0 Å². The summed E-state index contributed by atoms with van der Waals surface area (Å²) in [6, 6.07) is 0. The highest BCUT2D eigenvalue weighted by molar-refractivity contribution is 5.88. The number of nitrogens with zero attached hydrogens (tertiary/aromatic N) is 3. The normalized spacial score (nSPS) is 14.3. The zero-order valence-corrected chi connectivity index (χ0v) is 11.4. The molecule has 0 unspecified atom stereocenters. The van der Waals surface area contributed by atoms with Crippen molar-refractivity contribution in [3.05, 3.63) is 17.5 Å². The number of hydrogen-bond acceptors (Lipinski definition) is 5. The number of amides is 1. The lowest BCUT2D eigenvalue weighted by Gasteiger charge is -2.15. The van der Waals surface area contributed by atoms with Crippen LogP contribution in [0.25, 0.3) is 0 Å². The van der Waals surface area contributed by atoms with E-state index in [0.29, 0.717) is 24.6 Å². The van der Waals surface area contributed by atoms with E-state index in [1.54, 1.807) is 6.92 Å². The van der Waals surface area contributed by atoms with E-state index < -0.39 is 5.97 Å². The van der Waals surface area contributed by atoms with E-state index in [1.807, 2.05) is 4.90 Å². The number of anilines is 1. The smallest absolute Gasteiger partial charge is 0.339 e. The summed E-state index contributed by atoms with van der Waals surface area (Å²) in [5.41, 5.74) is 0.490. The predicted octanol–water partition coefficient (Wildman–Crippen LogP) is 0.908. The number of aryl methyl sites for hydroxylation is 1. The van der Waals surface area contributed by atoms with Crippen molar-refractivity contribution >= 4 is 17.8 Å². The van der Waals surface area contributed by atoms with Crippen molar-refractivity contribution in [2.75, 3.05) is 25.0 Å². The molecule has 108 valence electrons. The van der Waals surface area contributed by atoms with Gasteiger partial charge in [0.05, 0.1) is 11.3 Å². The standard InChI is InChI=1S/C13H18N4O3/c1-9-10(12(19)20)8-15-13(16-9)14-5-4-11(18)17-6-2-3-7-17/h8H,2-7H2,1H3,(H,19,20)(H,14,15,16). The molecular weight excluding hydrogens is 260 g/mol. The highest BCUT2D eigenvalue weighted by Crippen LogP contribution is 2.10. The van der Waals surface area contributed by atoms with Gasteiger partial charge >= 0.3 is 5.97 Å². The summed E-state index contributed by atoms with van der Waals surface area (Å²) in [5.74, 6) is -0.561. The van der Waals surface area contributed by atoms with Gasteiger partial charge in [0.2, 0.25) is 11.9 Å². The van der Waals surface area contributed by atoms with Gasteiger partial charge in [0, 0.05) is 32.3 Å². The Bertz CT molecular complexity index is 512. The van der Waals surface area contributed by atoms with Crippen LogP contribution in [-0.2, 0) is 4.79 Å². The van der Waals surface area contributed by atoms with E-state index in [0.717, 1.165) is 25.9 Å². The van der Waals surface area contributed by atoms with Crippen molar-refractivity contribution in [2.45, 2.75) is 26.2 Å². The number of aromatic carboxylic acids is 1. The molecule has 0 bridgehead atoms. The molecule has 20 heavy (non-hydrogen) atoms.